The van der Waals surface area contributed by atoms with E-state index >= 15 is 0 Å². The summed E-state index contributed by atoms with van der Waals surface area (Å²) in [7, 11) is 0. The molecular formula is C23H15ClFN3O4S. The van der Waals surface area contributed by atoms with Gasteiger partial charge in [-0.25, -0.2) is 4.39 Å². The number of amides is 1. The first kappa shape index (κ1) is 21.2. The molecule has 1 aliphatic heterocycles. The van der Waals surface area contributed by atoms with E-state index in [2.05, 4.69) is 10.3 Å². The van der Waals surface area contributed by atoms with Crippen LogP contribution in [0.15, 0.2) is 59.4 Å². The number of carbonyl (C=O) groups is 1. The minimum absolute atomic E-state index is 0.0908. The second kappa shape index (κ2) is 8.34. The molecule has 0 saturated carbocycles. The minimum Gasteiger partial charge on any atom is -0.454 e. The van der Waals surface area contributed by atoms with Crippen molar-refractivity contribution in [1.29, 1.82) is 0 Å². The van der Waals surface area contributed by atoms with Gasteiger partial charge in [-0.1, -0.05) is 17.7 Å². The molecule has 0 unspecified atom stereocenters. The van der Waals surface area contributed by atoms with Gasteiger partial charge >= 0.3 is 0 Å². The molecular weight excluding hydrogens is 469 g/mol. The highest BCUT2D eigenvalue weighted by Gasteiger charge is 2.15. The fraction of sp³-hybridized carbons (Fsp3) is 0.0870. The van der Waals surface area contributed by atoms with Crippen LogP contribution in [0.25, 0.3) is 16.6 Å². The molecule has 2 N–H and O–H groups in total. The summed E-state index contributed by atoms with van der Waals surface area (Å²) >= 11 is 11.2. The Bertz CT molecular complexity index is 1550. The Morgan fingerprint density at radius 3 is 2.76 bits per heavy atom. The molecule has 1 amide bonds. The molecule has 0 radical (unpaired) electrons. The summed E-state index contributed by atoms with van der Waals surface area (Å²) in [5.74, 6) is 0.395. The van der Waals surface area contributed by atoms with E-state index in [1.165, 1.54) is 16.7 Å². The first-order valence-corrected chi connectivity index (χ1v) is 10.6. The number of halogens is 2. The fourth-order valence-electron chi connectivity index (χ4n) is 3.55. The third-order valence-corrected chi connectivity index (χ3v) is 5.79. The molecule has 1 aliphatic rings. The van der Waals surface area contributed by atoms with E-state index < -0.39 is 11.4 Å². The summed E-state index contributed by atoms with van der Waals surface area (Å²) in [6.45, 7) is 0.468. The van der Waals surface area contributed by atoms with Crippen LogP contribution in [-0.4, -0.2) is 22.3 Å². The van der Waals surface area contributed by atoms with E-state index in [0.29, 0.717) is 33.7 Å². The molecule has 10 heteroatoms. The van der Waals surface area contributed by atoms with Gasteiger partial charge in [0.15, 0.2) is 16.3 Å². The number of nitrogens with one attached hydrogen (secondary N) is 2. The zero-order valence-corrected chi connectivity index (χ0v) is 18.4. The molecule has 1 aromatic heterocycles. The van der Waals surface area contributed by atoms with Gasteiger partial charge in [-0.2, -0.15) is 0 Å². The van der Waals surface area contributed by atoms with Gasteiger partial charge < -0.3 is 19.8 Å². The molecule has 5 rings (SSSR count). The predicted octanol–water partition coefficient (Wildman–Crippen LogP) is 4.50. The van der Waals surface area contributed by atoms with Crippen LogP contribution in [0.2, 0.25) is 5.02 Å². The van der Waals surface area contributed by atoms with Crippen molar-refractivity contribution in [3.63, 3.8) is 0 Å². The van der Waals surface area contributed by atoms with E-state index in [1.54, 1.807) is 24.3 Å². The number of carbonyl (C=O) groups excluding carboxylic acids is 1. The molecule has 0 saturated heterocycles. The number of hydrogen-bond donors (Lipinski definition) is 2. The molecule has 2 heterocycles. The number of aromatic amines is 1. The van der Waals surface area contributed by atoms with Crippen molar-refractivity contribution in [3.8, 4) is 17.2 Å². The van der Waals surface area contributed by atoms with E-state index in [4.69, 9.17) is 33.3 Å². The Kier molecular flexibility index (Phi) is 5.35. The van der Waals surface area contributed by atoms with Crippen LogP contribution in [0, 0.1) is 10.6 Å². The lowest BCUT2D eigenvalue weighted by Gasteiger charge is -2.10. The van der Waals surface area contributed by atoms with Gasteiger partial charge in [-0.05, 0) is 66.3 Å². The number of ether oxygens (including phenoxy) is 2. The number of H-pyrrole nitrogens is 1. The maximum atomic E-state index is 13.5. The largest absolute Gasteiger partial charge is 0.454 e. The van der Waals surface area contributed by atoms with Gasteiger partial charge in [0, 0.05) is 12.1 Å². The van der Waals surface area contributed by atoms with E-state index in [-0.39, 0.29) is 29.0 Å². The molecule has 3 aromatic carbocycles. The summed E-state index contributed by atoms with van der Waals surface area (Å²) in [5.41, 5.74) is 1.54. The van der Waals surface area contributed by atoms with Gasteiger partial charge in [0.2, 0.25) is 6.79 Å². The summed E-state index contributed by atoms with van der Waals surface area (Å²) < 4.78 is 25.5. The highest BCUT2D eigenvalue weighted by Crippen LogP contribution is 2.32. The topological polar surface area (TPSA) is 85.3 Å². The number of nitrogens with zero attached hydrogens (tertiary/aromatic N) is 1. The molecule has 4 aromatic rings. The van der Waals surface area contributed by atoms with Gasteiger partial charge in [0.05, 0.1) is 21.6 Å². The summed E-state index contributed by atoms with van der Waals surface area (Å²) in [6, 6.07) is 14.0. The Morgan fingerprint density at radius 1 is 1.12 bits per heavy atom. The second-order valence-corrected chi connectivity index (χ2v) is 8.09. The second-order valence-electron chi connectivity index (χ2n) is 7.30. The third kappa shape index (κ3) is 3.96. The van der Waals surface area contributed by atoms with Crippen molar-refractivity contribution in [2.45, 2.75) is 6.54 Å². The van der Waals surface area contributed by atoms with Gasteiger partial charge in [-0.15, -0.1) is 0 Å². The number of rotatable bonds is 4. The molecule has 166 valence electrons. The monoisotopic (exact) mass is 483 g/mol. The van der Waals surface area contributed by atoms with E-state index in [1.807, 2.05) is 12.1 Å². The lowest BCUT2D eigenvalue weighted by molar-refractivity contribution is 0.0951. The third-order valence-electron chi connectivity index (χ3n) is 5.21. The molecule has 33 heavy (non-hydrogen) atoms. The normalized spacial score (nSPS) is 12.2. The molecule has 0 atom stereocenters. The van der Waals surface area contributed by atoms with Crippen molar-refractivity contribution in [3.05, 3.63) is 91.7 Å². The summed E-state index contributed by atoms with van der Waals surface area (Å²) in [4.78, 5) is 28.7. The van der Waals surface area contributed by atoms with Crippen molar-refractivity contribution >= 4 is 40.6 Å². The number of benzene rings is 3. The van der Waals surface area contributed by atoms with Crippen LogP contribution in [-0.2, 0) is 6.54 Å². The standard InChI is InChI=1S/C23H15ClFN3O4S/c24-16-9-14(3-5-17(16)25)28-22(30)15-4-2-13(8-18(15)27-23(28)33)21(29)26-10-12-1-6-19-20(7-12)32-11-31-19/h1-9H,10-11H2,(H,26,29)(H,27,33). The van der Waals surface area contributed by atoms with Crippen LogP contribution in [0.5, 0.6) is 11.5 Å². The van der Waals surface area contributed by atoms with Crippen molar-refractivity contribution in [2.24, 2.45) is 0 Å². The highest BCUT2D eigenvalue weighted by molar-refractivity contribution is 7.71. The van der Waals surface area contributed by atoms with Gasteiger partial charge in [0.1, 0.15) is 5.82 Å². The summed E-state index contributed by atoms with van der Waals surface area (Å²) in [5, 5.41) is 3.03. The zero-order chi connectivity index (χ0) is 23.1. The number of fused-ring (bicyclic) bond motifs is 2. The quantitative estimate of drug-likeness (QED) is 0.417. The molecule has 0 bridgehead atoms. The molecule has 7 nitrogen and oxygen atoms in total. The Hall–Kier alpha value is -3.69. The van der Waals surface area contributed by atoms with Crippen molar-refractivity contribution in [1.82, 2.24) is 14.9 Å². The lowest BCUT2D eigenvalue weighted by atomic mass is 10.1. The Morgan fingerprint density at radius 2 is 1.94 bits per heavy atom. The average Bonchev–Trinajstić information content (AvgIpc) is 3.27. The smallest absolute Gasteiger partial charge is 0.266 e. The number of aromatic nitrogens is 2. The molecule has 0 aliphatic carbocycles. The molecule has 0 spiro atoms. The zero-order valence-electron chi connectivity index (χ0n) is 16.9. The fourth-order valence-corrected chi connectivity index (χ4v) is 4.03. The SMILES string of the molecule is O=C(NCc1ccc2c(c1)OCO2)c1ccc2c(=O)n(-c3ccc(F)c(Cl)c3)c(=S)[nH]c2c1. The summed E-state index contributed by atoms with van der Waals surface area (Å²) in [6.07, 6.45) is 0. The van der Waals surface area contributed by atoms with Crippen LogP contribution >= 0.6 is 23.8 Å². The van der Waals surface area contributed by atoms with Gasteiger partial charge in [-0.3, -0.25) is 14.2 Å². The first-order valence-electron chi connectivity index (χ1n) is 9.82. The van der Waals surface area contributed by atoms with Crippen LogP contribution in [0.1, 0.15) is 15.9 Å². The van der Waals surface area contributed by atoms with E-state index in [9.17, 15) is 14.0 Å². The van der Waals surface area contributed by atoms with E-state index in [0.717, 1.165) is 11.6 Å². The lowest BCUT2D eigenvalue weighted by Crippen LogP contribution is -2.24. The maximum absolute atomic E-state index is 13.5. The van der Waals surface area contributed by atoms with Crippen LogP contribution < -0.4 is 20.3 Å². The maximum Gasteiger partial charge on any atom is 0.266 e. The van der Waals surface area contributed by atoms with Crippen LogP contribution in [0.4, 0.5) is 4.39 Å². The average molecular weight is 484 g/mol. The van der Waals surface area contributed by atoms with Crippen molar-refractivity contribution in [2.75, 3.05) is 6.79 Å². The predicted molar refractivity (Wildman–Crippen MR) is 123 cm³/mol. The van der Waals surface area contributed by atoms with Gasteiger partial charge in [0.25, 0.3) is 11.5 Å². The van der Waals surface area contributed by atoms with Crippen molar-refractivity contribution < 1.29 is 18.7 Å². The molecule has 0 fully saturated rings. The van der Waals surface area contributed by atoms with Crippen LogP contribution in [0.3, 0.4) is 0 Å². The Balaban J connectivity index is 1.42. The Labute approximate surface area is 196 Å². The first-order chi connectivity index (χ1) is 15.9. The number of hydrogen-bond acceptors (Lipinski definition) is 5. The highest BCUT2D eigenvalue weighted by atomic mass is 35.5. The minimum atomic E-state index is -0.597.